The van der Waals surface area contributed by atoms with E-state index in [1.54, 1.807) is 42.6 Å². The lowest BCUT2D eigenvalue weighted by molar-refractivity contribution is -0.123. The summed E-state index contributed by atoms with van der Waals surface area (Å²) < 4.78 is 25.3. The summed E-state index contributed by atoms with van der Waals surface area (Å²) in [6.07, 6.45) is 1.57. The van der Waals surface area contributed by atoms with Crippen LogP contribution in [0.5, 0.6) is 17.4 Å². The molecular formula is C20H16BrFN2O3. The van der Waals surface area contributed by atoms with Crippen molar-refractivity contribution in [1.29, 1.82) is 0 Å². The number of carbonyl (C=O) groups excluding carboxylic acids is 1. The van der Waals surface area contributed by atoms with Crippen molar-refractivity contribution in [2.45, 2.75) is 6.54 Å². The number of halogens is 2. The number of aromatic nitrogens is 1. The van der Waals surface area contributed by atoms with Crippen LogP contribution in [0.1, 0.15) is 5.56 Å². The standard InChI is InChI=1S/C20H16BrFN2O3/c21-15-6-8-17(9-7-15)26-13-19(25)24-12-14-3-2-10-23-20(14)27-18-5-1-4-16(22)11-18/h1-11H,12-13H2,(H,24,25). The lowest BCUT2D eigenvalue weighted by Crippen LogP contribution is -2.28. The van der Waals surface area contributed by atoms with Crippen LogP contribution < -0.4 is 14.8 Å². The van der Waals surface area contributed by atoms with E-state index in [2.05, 4.69) is 26.2 Å². The SMILES string of the molecule is O=C(COc1ccc(Br)cc1)NCc1cccnc1Oc1cccc(F)c1. The van der Waals surface area contributed by atoms with Gasteiger partial charge in [0.05, 0.1) is 0 Å². The minimum absolute atomic E-state index is 0.109. The normalized spacial score (nSPS) is 10.3. The predicted molar refractivity (Wildman–Crippen MR) is 102 cm³/mol. The molecule has 0 spiro atoms. The summed E-state index contributed by atoms with van der Waals surface area (Å²) in [6.45, 7) is 0.100. The molecule has 7 heteroatoms. The van der Waals surface area contributed by atoms with Crippen molar-refractivity contribution in [3.8, 4) is 17.4 Å². The van der Waals surface area contributed by atoms with Gasteiger partial charge in [0.2, 0.25) is 5.88 Å². The van der Waals surface area contributed by atoms with Gasteiger partial charge in [-0.15, -0.1) is 0 Å². The molecular weight excluding hydrogens is 415 g/mol. The summed E-state index contributed by atoms with van der Waals surface area (Å²) in [4.78, 5) is 16.2. The van der Waals surface area contributed by atoms with E-state index in [-0.39, 0.29) is 19.1 Å². The Hall–Kier alpha value is -2.93. The van der Waals surface area contributed by atoms with Gasteiger partial charge < -0.3 is 14.8 Å². The molecule has 0 aliphatic heterocycles. The quantitative estimate of drug-likeness (QED) is 0.600. The van der Waals surface area contributed by atoms with Crippen LogP contribution in [0.3, 0.4) is 0 Å². The van der Waals surface area contributed by atoms with E-state index in [1.807, 2.05) is 12.1 Å². The Labute approximate surface area is 164 Å². The van der Waals surface area contributed by atoms with Gasteiger partial charge in [-0.3, -0.25) is 4.79 Å². The second-order valence-corrected chi connectivity index (χ2v) is 6.46. The maximum atomic E-state index is 13.3. The van der Waals surface area contributed by atoms with Gasteiger partial charge in [0.15, 0.2) is 6.61 Å². The van der Waals surface area contributed by atoms with Crippen LogP contribution in [0.25, 0.3) is 0 Å². The van der Waals surface area contributed by atoms with Gasteiger partial charge >= 0.3 is 0 Å². The number of carbonyl (C=O) groups is 1. The van der Waals surface area contributed by atoms with Crippen LogP contribution in [-0.2, 0) is 11.3 Å². The molecule has 1 heterocycles. The fourth-order valence-corrected chi connectivity index (χ4v) is 2.48. The first kappa shape index (κ1) is 18.8. The summed E-state index contributed by atoms with van der Waals surface area (Å²) in [7, 11) is 0. The minimum atomic E-state index is -0.400. The number of hydrogen-bond donors (Lipinski definition) is 1. The molecule has 0 saturated carbocycles. The van der Waals surface area contributed by atoms with Gasteiger partial charge in [-0.2, -0.15) is 0 Å². The molecule has 3 aromatic rings. The molecule has 138 valence electrons. The van der Waals surface area contributed by atoms with Gasteiger partial charge in [0.25, 0.3) is 5.91 Å². The van der Waals surface area contributed by atoms with Gasteiger partial charge in [0, 0.05) is 28.8 Å². The molecule has 1 amide bonds. The molecule has 1 N–H and O–H groups in total. The van der Waals surface area contributed by atoms with Gasteiger partial charge in [-0.05, 0) is 42.5 Å². The Bertz CT molecular complexity index is 919. The van der Waals surface area contributed by atoms with E-state index >= 15 is 0 Å². The van der Waals surface area contributed by atoms with E-state index in [1.165, 1.54) is 12.1 Å². The molecule has 0 aliphatic carbocycles. The average molecular weight is 431 g/mol. The number of benzene rings is 2. The van der Waals surface area contributed by atoms with Crippen LogP contribution in [-0.4, -0.2) is 17.5 Å². The maximum Gasteiger partial charge on any atom is 0.258 e. The van der Waals surface area contributed by atoms with Gasteiger partial charge in [-0.25, -0.2) is 9.37 Å². The first-order chi connectivity index (χ1) is 13.1. The number of amides is 1. The Morgan fingerprint density at radius 2 is 1.89 bits per heavy atom. The molecule has 5 nitrogen and oxygen atoms in total. The van der Waals surface area contributed by atoms with Crippen molar-refractivity contribution in [2.75, 3.05) is 6.61 Å². The monoisotopic (exact) mass is 430 g/mol. The molecule has 0 atom stereocenters. The first-order valence-electron chi connectivity index (χ1n) is 8.12. The first-order valence-corrected chi connectivity index (χ1v) is 8.92. The molecule has 1 aromatic heterocycles. The van der Waals surface area contributed by atoms with Crippen LogP contribution >= 0.6 is 15.9 Å². The third-order valence-corrected chi connectivity index (χ3v) is 4.05. The zero-order chi connectivity index (χ0) is 19.1. The zero-order valence-corrected chi connectivity index (χ0v) is 15.8. The van der Waals surface area contributed by atoms with Crippen LogP contribution in [0.2, 0.25) is 0 Å². The second kappa shape index (κ2) is 9.14. The molecule has 27 heavy (non-hydrogen) atoms. The predicted octanol–water partition coefficient (Wildman–Crippen LogP) is 4.47. The van der Waals surface area contributed by atoms with Crippen molar-refractivity contribution in [2.24, 2.45) is 0 Å². The molecule has 3 rings (SSSR count). The summed E-state index contributed by atoms with van der Waals surface area (Å²) >= 11 is 3.34. The van der Waals surface area contributed by atoms with Crippen molar-refractivity contribution in [3.05, 3.63) is 82.7 Å². The maximum absolute atomic E-state index is 13.3. The Kier molecular flexibility index (Phi) is 6.38. The van der Waals surface area contributed by atoms with Gasteiger partial charge in [-0.1, -0.05) is 28.1 Å². The van der Waals surface area contributed by atoms with E-state index in [4.69, 9.17) is 9.47 Å². The highest BCUT2D eigenvalue weighted by atomic mass is 79.9. The highest BCUT2D eigenvalue weighted by molar-refractivity contribution is 9.10. The Morgan fingerprint density at radius 1 is 1.07 bits per heavy atom. The third kappa shape index (κ3) is 5.79. The lowest BCUT2D eigenvalue weighted by Gasteiger charge is -2.11. The number of nitrogens with one attached hydrogen (secondary N) is 1. The highest BCUT2D eigenvalue weighted by Gasteiger charge is 2.09. The van der Waals surface area contributed by atoms with Crippen LogP contribution in [0, 0.1) is 5.82 Å². The van der Waals surface area contributed by atoms with E-state index in [0.29, 0.717) is 22.9 Å². The molecule has 0 fully saturated rings. The summed E-state index contributed by atoms with van der Waals surface area (Å²) in [5.74, 6) is 0.559. The molecule has 0 unspecified atom stereocenters. The third-order valence-electron chi connectivity index (χ3n) is 3.52. The topological polar surface area (TPSA) is 60.5 Å². The number of rotatable bonds is 7. The Balaban J connectivity index is 1.56. The minimum Gasteiger partial charge on any atom is -0.484 e. The fraction of sp³-hybridized carbons (Fsp3) is 0.100. The van der Waals surface area contributed by atoms with Crippen LogP contribution in [0.4, 0.5) is 4.39 Å². The number of hydrogen-bond acceptors (Lipinski definition) is 4. The van der Waals surface area contributed by atoms with Crippen molar-refractivity contribution in [1.82, 2.24) is 10.3 Å². The summed E-state index contributed by atoms with van der Waals surface area (Å²) in [5.41, 5.74) is 0.666. The molecule has 0 bridgehead atoms. The molecule has 0 radical (unpaired) electrons. The summed E-state index contributed by atoms with van der Waals surface area (Å²) in [6, 6.07) is 16.5. The zero-order valence-electron chi connectivity index (χ0n) is 14.2. The van der Waals surface area contributed by atoms with Gasteiger partial charge in [0.1, 0.15) is 17.3 Å². The number of nitrogens with zero attached hydrogens (tertiary/aromatic N) is 1. The smallest absolute Gasteiger partial charge is 0.258 e. The summed E-state index contributed by atoms with van der Waals surface area (Å²) in [5, 5.41) is 2.75. The van der Waals surface area contributed by atoms with E-state index in [0.717, 1.165) is 4.47 Å². The highest BCUT2D eigenvalue weighted by Crippen LogP contribution is 2.23. The Morgan fingerprint density at radius 3 is 2.67 bits per heavy atom. The van der Waals surface area contributed by atoms with Crippen LogP contribution in [0.15, 0.2) is 71.3 Å². The molecule has 0 saturated heterocycles. The van der Waals surface area contributed by atoms with E-state index in [9.17, 15) is 9.18 Å². The van der Waals surface area contributed by atoms with Crippen molar-refractivity contribution in [3.63, 3.8) is 0 Å². The number of ether oxygens (including phenoxy) is 2. The van der Waals surface area contributed by atoms with E-state index < -0.39 is 5.82 Å². The number of pyridine rings is 1. The largest absolute Gasteiger partial charge is 0.484 e. The second-order valence-electron chi connectivity index (χ2n) is 5.55. The van der Waals surface area contributed by atoms with Crippen molar-refractivity contribution >= 4 is 21.8 Å². The lowest BCUT2D eigenvalue weighted by atomic mass is 10.2. The van der Waals surface area contributed by atoms with Crippen molar-refractivity contribution < 1.29 is 18.7 Å². The molecule has 2 aromatic carbocycles. The average Bonchev–Trinajstić information content (AvgIpc) is 2.67. The molecule has 0 aliphatic rings. The fourth-order valence-electron chi connectivity index (χ4n) is 2.22.